The molecule has 2 N–H and O–H groups in total. The minimum Gasteiger partial charge on any atom is -0.326 e. The molecular formula is C34H46N2O2. The standard InChI is InChI=1S/C34H46N2O2/c1-5-7-17-31-19-32(18-8-6-2)22-33(20-31,27-9-13-29(14-10-27)35-25(3)37)24-34(21-31,23-32)28-11-15-30(16-12-28)36-26(4)38/h9-16H,5-8,17-24H2,1-4H3,(H,35,37)(H,36,38). The molecule has 0 unspecified atom stereocenters. The Balaban J connectivity index is 1.60. The van der Waals surface area contributed by atoms with Crippen molar-refractivity contribution in [1.29, 1.82) is 0 Å². The molecule has 2 aromatic carbocycles. The van der Waals surface area contributed by atoms with Crippen LogP contribution in [0.2, 0.25) is 0 Å². The molecular weight excluding hydrogens is 468 g/mol. The molecule has 4 aliphatic rings. The Morgan fingerprint density at radius 3 is 1.29 bits per heavy atom. The normalized spacial score (nSPS) is 31.3. The van der Waals surface area contributed by atoms with E-state index in [1.807, 2.05) is 0 Å². The van der Waals surface area contributed by atoms with E-state index in [0.717, 1.165) is 11.4 Å². The van der Waals surface area contributed by atoms with E-state index in [0.29, 0.717) is 10.8 Å². The van der Waals surface area contributed by atoms with Crippen molar-refractivity contribution in [3.05, 3.63) is 59.7 Å². The lowest BCUT2D eigenvalue weighted by Gasteiger charge is -2.72. The lowest BCUT2D eigenvalue weighted by Crippen LogP contribution is -2.64. The number of hydrogen-bond donors (Lipinski definition) is 2. The first-order valence-electron chi connectivity index (χ1n) is 14.9. The van der Waals surface area contributed by atoms with E-state index >= 15 is 0 Å². The Hall–Kier alpha value is -2.62. The first-order valence-corrected chi connectivity index (χ1v) is 14.9. The molecule has 0 heterocycles. The van der Waals surface area contributed by atoms with Crippen molar-refractivity contribution >= 4 is 23.2 Å². The SMILES string of the molecule is CCCCC12CC3(CCCC)CC(c4ccc(NC(C)=O)cc4)(C1)CC(c1ccc(NC(C)=O)cc1)(C2)C3. The van der Waals surface area contributed by atoms with Gasteiger partial charge >= 0.3 is 0 Å². The largest absolute Gasteiger partial charge is 0.326 e. The Labute approximate surface area is 229 Å². The van der Waals surface area contributed by atoms with Crippen LogP contribution in [0.1, 0.15) is 116 Å². The zero-order valence-corrected chi connectivity index (χ0v) is 23.9. The summed E-state index contributed by atoms with van der Waals surface area (Å²) in [6.45, 7) is 7.81. The van der Waals surface area contributed by atoms with E-state index < -0.39 is 0 Å². The lowest BCUT2D eigenvalue weighted by atomic mass is 9.32. The van der Waals surface area contributed by atoms with Crippen molar-refractivity contribution in [3.8, 4) is 0 Å². The minimum atomic E-state index is -0.0220. The lowest BCUT2D eigenvalue weighted by molar-refractivity contribution is -0.149. The van der Waals surface area contributed by atoms with E-state index in [-0.39, 0.29) is 22.6 Å². The second-order valence-electron chi connectivity index (χ2n) is 13.3. The molecule has 4 nitrogen and oxygen atoms in total. The molecule has 0 spiro atoms. The summed E-state index contributed by atoms with van der Waals surface area (Å²) in [7, 11) is 0. The Kier molecular flexibility index (Phi) is 7.22. The van der Waals surface area contributed by atoms with E-state index in [2.05, 4.69) is 73.0 Å². The molecule has 4 fully saturated rings. The monoisotopic (exact) mass is 514 g/mol. The Morgan fingerprint density at radius 2 is 0.974 bits per heavy atom. The number of amides is 2. The van der Waals surface area contributed by atoms with Crippen molar-refractivity contribution in [3.63, 3.8) is 0 Å². The molecule has 0 atom stereocenters. The third-order valence-electron chi connectivity index (χ3n) is 10.0. The predicted octanol–water partition coefficient (Wildman–Crippen LogP) is 8.51. The molecule has 0 radical (unpaired) electrons. The van der Waals surface area contributed by atoms with Crippen molar-refractivity contribution < 1.29 is 9.59 Å². The molecule has 0 aromatic heterocycles. The summed E-state index contributed by atoms with van der Waals surface area (Å²) in [4.78, 5) is 23.3. The highest BCUT2D eigenvalue weighted by Gasteiger charge is 2.68. The molecule has 204 valence electrons. The maximum Gasteiger partial charge on any atom is 0.221 e. The second-order valence-corrected chi connectivity index (χ2v) is 13.3. The summed E-state index contributed by atoms with van der Waals surface area (Å²) in [5.41, 5.74) is 5.79. The zero-order valence-electron chi connectivity index (χ0n) is 23.9. The number of hydrogen-bond acceptors (Lipinski definition) is 2. The first-order chi connectivity index (χ1) is 18.1. The van der Waals surface area contributed by atoms with Gasteiger partial charge in [-0.3, -0.25) is 9.59 Å². The van der Waals surface area contributed by atoms with Gasteiger partial charge < -0.3 is 10.6 Å². The van der Waals surface area contributed by atoms with Gasteiger partial charge in [-0.25, -0.2) is 0 Å². The van der Waals surface area contributed by atoms with Gasteiger partial charge in [-0.1, -0.05) is 63.8 Å². The molecule has 6 rings (SSSR count). The molecule has 0 saturated heterocycles. The van der Waals surface area contributed by atoms with Crippen molar-refractivity contribution in [2.75, 3.05) is 10.6 Å². The van der Waals surface area contributed by atoms with Crippen LogP contribution < -0.4 is 10.6 Å². The third kappa shape index (κ3) is 5.03. The van der Waals surface area contributed by atoms with Crippen LogP contribution in [0.25, 0.3) is 0 Å². The molecule has 4 saturated carbocycles. The number of nitrogens with one attached hydrogen (secondary N) is 2. The topological polar surface area (TPSA) is 58.2 Å². The van der Waals surface area contributed by atoms with E-state index in [1.165, 1.54) is 88.2 Å². The highest BCUT2D eigenvalue weighted by Crippen LogP contribution is 2.76. The van der Waals surface area contributed by atoms with Gasteiger partial charge in [-0.2, -0.15) is 0 Å². The van der Waals surface area contributed by atoms with Crippen LogP contribution in [0.5, 0.6) is 0 Å². The Morgan fingerprint density at radius 1 is 0.605 bits per heavy atom. The number of carbonyl (C=O) groups excluding carboxylic acids is 2. The number of anilines is 2. The van der Waals surface area contributed by atoms with Gasteiger partial charge in [0.15, 0.2) is 0 Å². The van der Waals surface area contributed by atoms with Gasteiger partial charge in [0.05, 0.1) is 0 Å². The van der Waals surface area contributed by atoms with Crippen molar-refractivity contribution in [2.24, 2.45) is 10.8 Å². The smallest absolute Gasteiger partial charge is 0.221 e. The van der Waals surface area contributed by atoms with Crippen LogP contribution in [0.15, 0.2) is 48.5 Å². The quantitative estimate of drug-likeness (QED) is 0.334. The average Bonchev–Trinajstić information content (AvgIpc) is 2.86. The first kappa shape index (κ1) is 27.0. The van der Waals surface area contributed by atoms with Crippen LogP contribution in [-0.2, 0) is 20.4 Å². The fourth-order valence-corrected chi connectivity index (χ4v) is 9.53. The van der Waals surface area contributed by atoms with Crippen LogP contribution in [-0.4, -0.2) is 11.8 Å². The van der Waals surface area contributed by atoms with E-state index in [4.69, 9.17) is 0 Å². The second kappa shape index (κ2) is 10.2. The van der Waals surface area contributed by atoms with Gasteiger partial charge in [0.1, 0.15) is 0 Å². The number of unbranched alkanes of at least 4 members (excludes halogenated alkanes) is 2. The highest BCUT2D eigenvalue weighted by atomic mass is 16.2. The molecule has 2 amide bonds. The van der Waals surface area contributed by atoms with Gasteiger partial charge in [0, 0.05) is 25.2 Å². The van der Waals surface area contributed by atoms with Gasteiger partial charge in [-0.15, -0.1) is 0 Å². The maximum absolute atomic E-state index is 11.7. The molecule has 4 heteroatoms. The highest BCUT2D eigenvalue weighted by molar-refractivity contribution is 5.89. The maximum atomic E-state index is 11.7. The summed E-state index contributed by atoms with van der Waals surface area (Å²) in [5, 5.41) is 5.92. The fraction of sp³-hybridized carbons (Fsp3) is 0.588. The molecule has 2 aromatic rings. The van der Waals surface area contributed by atoms with Crippen LogP contribution in [0.3, 0.4) is 0 Å². The third-order valence-corrected chi connectivity index (χ3v) is 10.0. The minimum absolute atomic E-state index is 0.0220. The molecule has 4 aliphatic carbocycles. The summed E-state index contributed by atoms with van der Waals surface area (Å²) >= 11 is 0. The number of carbonyl (C=O) groups is 2. The van der Waals surface area contributed by atoms with Gasteiger partial charge in [-0.05, 0) is 108 Å². The van der Waals surface area contributed by atoms with Crippen molar-refractivity contribution in [1.82, 2.24) is 0 Å². The number of benzene rings is 2. The summed E-state index contributed by atoms with van der Waals surface area (Å²) in [6.07, 6.45) is 15.5. The van der Waals surface area contributed by atoms with Gasteiger partial charge in [0.2, 0.25) is 11.8 Å². The van der Waals surface area contributed by atoms with E-state index in [1.54, 1.807) is 13.8 Å². The summed E-state index contributed by atoms with van der Waals surface area (Å²) in [6, 6.07) is 17.7. The molecule has 38 heavy (non-hydrogen) atoms. The van der Waals surface area contributed by atoms with Crippen LogP contribution >= 0.6 is 0 Å². The fourth-order valence-electron chi connectivity index (χ4n) is 9.53. The average molecular weight is 515 g/mol. The van der Waals surface area contributed by atoms with Gasteiger partial charge in [0.25, 0.3) is 0 Å². The van der Waals surface area contributed by atoms with Crippen LogP contribution in [0.4, 0.5) is 11.4 Å². The zero-order chi connectivity index (χ0) is 27.0. The summed E-state index contributed by atoms with van der Waals surface area (Å²) in [5.74, 6) is -0.0440. The Bertz CT molecular complexity index is 1060. The summed E-state index contributed by atoms with van der Waals surface area (Å²) < 4.78 is 0. The molecule has 4 bridgehead atoms. The predicted molar refractivity (Wildman–Crippen MR) is 156 cm³/mol. The van der Waals surface area contributed by atoms with Crippen molar-refractivity contribution in [2.45, 2.75) is 116 Å². The molecule has 0 aliphatic heterocycles. The van der Waals surface area contributed by atoms with Crippen LogP contribution in [0, 0.1) is 10.8 Å². The number of rotatable bonds is 10. The van der Waals surface area contributed by atoms with E-state index in [9.17, 15) is 9.59 Å².